The third kappa shape index (κ3) is 2.84. The van der Waals surface area contributed by atoms with Gasteiger partial charge >= 0.3 is 0 Å². The summed E-state index contributed by atoms with van der Waals surface area (Å²) in [5.74, 6) is 0.910. The Hall–Kier alpha value is -0.780. The Morgan fingerprint density at radius 2 is 2.53 bits per heavy atom. The molecule has 0 aliphatic carbocycles. The van der Waals surface area contributed by atoms with Crippen molar-refractivity contribution in [2.24, 2.45) is 0 Å². The molecular formula is C9H10ClN3OS. The maximum absolute atomic E-state index is 11.7. The monoisotopic (exact) mass is 243 g/mol. The van der Waals surface area contributed by atoms with E-state index in [0.29, 0.717) is 10.7 Å². The summed E-state index contributed by atoms with van der Waals surface area (Å²) in [6.07, 6.45) is 3.10. The molecule has 1 saturated heterocycles. The quantitative estimate of drug-likeness (QED) is 0.823. The number of thioether (sulfide) groups is 1. The number of anilines is 1. The van der Waals surface area contributed by atoms with Gasteiger partial charge in [-0.15, -0.1) is 11.8 Å². The standard InChI is InChI=1S/C9H10ClN3OS/c10-6-3-7(5-11-4-6)13-8(14)9-12-1-2-15-9/h3-5,9,12H,1-2H2,(H,13,14). The second kappa shape index (κ2) is 4.83. The number of rotatable bonds is 2. The van der Waals surface area contributed by atoms with Crippen molar-refractivity contribution in [1.29, 1.82) is 0 Å². The second-order valence-electron chi connectivity index (χ2n) is 3.09. The van der Waals surface area contributed by atoms with Crippen LogP contribution in [0.3, 0.4) is 0 Å². The van der Waals surface area contributed by atoms with Crippen molar-refractivity contribution < 1.29 is 4.79 Å². The van der Waals surface area contributed by atoms with Crippen molar-refractivity contribution >= 4 is 35.0 Å². The molecule has 0 bridgehead atoms. The lowest BCUT2D eigenvalue weighted by Gasteiger charge is -2.09. The highest BCUT2D eigenvalue weighted by atomic mass is 35.5. The van der Waals surface area contributed by atoms with Crippen molar-refractivity contribution in [1.82, 2.24) is 10.3 Å². The van der Waals surface area contributed by atoms with Gasteiger partial charge in [-0.1, -0.05) is 11.6 Å². The highest BCUT2D eigenvalue weighted by Crippen LogP contribution is 2.17. The molecule has 0 aromatic carbocycles. The van der Waals surface area contributed by atoms with Crippen molar-refractivity contribution in [3.8, 4) is 0 Å². The predicted octanol–water partition coefficient (Wildman–Crippen LogP) is 1.34. The van der Waals surface area contributed by atoms with Gasteiger partial charge in [0.25, 0.3) is 5.91 Å². The molecule has 2 rings (SSSR count). The van der Waals surface area contributed by atoms with Crippen molar-refractivity contribution in [2.75, 3.05) is 17.6 Å². The number of carbonyl (C=O) groups is 1. The number of hydrogen-bond acceptors (Lipinski definition) is 4. The average molecular weight is 244 g/mol. The van der Waals surface area contributed by atoms with Crippen LogP contribution in [0.2, 0.25) is 5.02 Å². The number of nitrogens with zero attached hydrogens (tertiary/aromatic N) is 1. The van der Waals surface area contributed by atoms with Crippen LogP contribution in [-0.2, 0) is 4.79 Å². The van der Waals surface area contributed by atoms with Crippen molar-refractivity contribution in [3.05, 3.63) is 23.5 Å². The zero-order valence-corrected chi connectivity index (χ0v) is 9.44. The lowest BCUT2D eigenvalue weighted by molar-refractivity contribution is -0.116. The molecule has 15 heavy (non-hydrogen) atoms. The molecular weight excluding hydrogens is 234 g/mol. The molecule has 1 aromatic heterocycles. The second-order valence-corrected chi connectivity index (χ2v) is 4.74. The van der Waals surface area contributed by atoms with Crippen LogP contribution >= 0.6 is 23.4 Å². The van der Waals surface area contributed by atoms with Gasteiger partial charge in [0.05, 0.1) is 16.9 Å². The van der Waals surface area contributed by atoms with Gasteiger partial charge in [0.1, 0.15) is 5.37 Å². The third-order valence-electron chi connectivity index (χ3n) is 1.93. The van der Waals surface area contributed by atoms with E-state index in [-0.39, 0.29) is 11.3 Å². The van der Waals surface area contributed by atoms with Gasteiger partial charge in [-0.25, -0.2) is 0 Å². The molecule has 1 amide bonds. The average Bonchev–Trinajstić information content (AvgIpc) is 2.70. The molecule has 0 saturated carbocycles. The van der Waals surface area contributed by atoms with Gasteiger partial charge in [0.2, 0.25) is 0 Å². The van der Waals surface area contributed by atoms with E-state index in [2.05, 4.69) is 15.6 Å². The maximum Gasteiger partial charge on any atom is 0.251 e. The first-order chi connectivity index (χ1) is 7.25. The minimum absolute atomic E-state index is 0.0541. The summed E-state index contributed by atoms with van der Waals surface area (Å²) in [6.45, 7) is 0.872. The van der Waals surface area contributed by atoms with Gasteiger partial charge in [0.15, 0.2) is 0 Å². The fraction of sp³-hybridized carbons (Fsp3) is 0.333. The van der Waals surface area contributed by atoms with Crippen LogP contribution in [0.1, 0.15) is 0 Å². The van der Waals surface area contributed by atoms with E-state index >= 15 is 0 Å². The topological polar surface area (TPSA) is 54.0 Å². The number of carbonyl (C=O) groups excluding carboxylic acids is 1. The first kappa shape index (κ1) is 10.7. The predicted molar refractivity (Wildman–Crippen MR) is 62.1 cm³/mol. The zero-order valence-electron chi connectivity index (χ0n) is 7.87. The Kier molecular flexibility index (Phi) is 3.45. The summed E-state index contributed by atoms with van der Waals surface area (Å²) in [7, 11) is 0. The summed E-state index contributed by atoms with van der Waals surface area (Å²) in [5, 5.41) is 6.19. The normalized spacial score (nSPS) is 20.2. The minimum atomic E-state index is -0.163. The Balaban J connectivity index is 1.99. The lowest BCUT2D eigenvalue weighted by atomic mass is 10.4. The molecule has 1 fully saturated rings. The first-order valence-electron chi connectivity index (χ1n) is 4.52. The fourth-order valence-corrected chi connectivity index (χ4v) is 2.37. The van der Waals surface area contributed by atoms with Gasteiger partial charge in [-0.3, -0.25) is 15.1 Å². The van der Waals surface area contributed by atoms with Crippen LogP contribution in [0.25, 0.3) is 0 Å². The molecule has 0 spiro atoms. The summed E-state index contributed by atoms with van der Waals surface area (Å²) in [5.41, 5.74) is 0.627. The van der Waals surface area contributed by atoms with E-state index in [0.717, 1.165) is 12.3 Å². The van der Waals surface area contributed by atoms with Crippen LogP contribution in [-0.4, -0.2) is 28.6 Å². The molecule has 0 radical (unpaired) electrons. The first-order valence-corrected chi connectivity index (χ1v) is 5.95. The third-order valence-corrected chi connectivity index (χ3v) is 3.29. The Labute approximate surface area is 96.8 Å². The van der Waals surface area contributed by atoms with Gasteiger partial charge in [0, 0.05) is 18.5 Å². The lowest BCUT2D eigenvalue weighted by Crippen LogP contribution is -2.33. The van der Waals surface area contributed by atoms with E-state index in [1.54, 1.807) is 24.0 Å². The molecule has 80 valence electrons. The molecule has 4 nitrogen and oxygen atoms in total. The van der Waals surface area contributed by atoms with E-state index in [1.165, 1.54) is 6.20 Å². The van der Waals surface area contributed by atoms with Crippen LogP contribution in [0.4, 0.5) is 5.69 Å². The SMILES string of the molecule is O=C(Nc1cncc(Cl)c1)C1NCCS1. The van der Waals surface area contributed by atoms with E-state index in [4.69, 9.17) is 11.6 Å². The highest BCUT2D eigenvalue weighted by molar-refractivity contribution is 8.00. The van der Waals surface area contributed by atoms with Crippen LogP contribution in [0, 0.1) is 0 Å². The number of hydrogen-bond donors (Lipinski definition) is 2. The van der Waals surface area contributed by atoms with Crippen molar-refractivity contribution in [2.45, 2.75) is 5.37 Å². The molecule has 1 atom stereocenters. The summed E-state index contributed by atoms with van der Waals surface area (Å²) in [6, 6.07) is 1.67. The number of halogens is 1. The van der Waals surface area contributed by atoms with Gasteiger partial charge in [-0.2, -0.15) is 0 Å². The Bertz CT molecular complexity index is 368. The molecule has 1 aromatic rings. The van der Waals surface area contributed by atoms with E-state index in [1.807, 2.05) is 0 Å². The Morgan fingerprint density at radius 3 is 3.20 bits per heavy atom. The van der Waals surface area contributed by atoms with Crippen molar-refractivity contribution in [3.63, 3.8) is 0 Å². The van der Waals surface area contributed by atoms with Gasteiger partial charge in [-0.05, 0) is 6.07 Å². The number of nitrogens with one attached hydrogen (secondary N) is 2. The fourth-order valence-electron chi connectivity index (χ4n) is 1.28. The number of pyridine rings is 1. The Morgan fingerprint density at radius 1 is 1.67 bits per heavy atom. The van der Waals surface area contributed by atoms with Crippen LogP contribution < -0.4 is 10.6 Å². The van der Waals surface area contributed by atoms with E-state index in [9.17, 15) is 4.79 Å². The zero-order chi connectivity index (χ0) is 10.7. The molecule has 2 heterocycles. The van der Waals surface area contributed by atoms with Gasteiger partial charge < -0.3 is 5.32 Å². The number of amides is 1. The maximum atomic E-state index is 11.7. The van der Waals surface area contributed by atoms with Crippen LogP contribution in [0.5, 0.6) is 0 Å². The highest BCUT2D eigenvalue weighted by Gasteiger charge is 2.22. The minimum Gasteiger partial charge on any atom is -0.323 e. The molecule has 1 unspecified atom stereocenters. The summed E-state index contributed by atoms with van der Waals surface area (Å²) in [4.78, 5) is 15.6. The number of aromatic nitrogens is 1. The molecule has 1 aliphatic heterocycles. The largest absolute Gasteiger partial charge is 0.323 e. The smallest absolute Gasteiger partial charge is 0.251 e. The van der Waals surface area contributed by atoms with E-state index < -0.39 is 0 Å². The van der Waals surface area contributed by atoms with Crippen LogP contribution in [0.15, 0.2) is 18.5 Å². The summed E-state index contributed by atoms with van der Waals surface area (Å²) < 4.78 is 0. The molecule has 2 N–H and O–H groups in total. The summed E-state index contributed by atoms with van der Waals surface area (Å²) >= 11 is 7.35. The molecule has 1 aliphatic rings. The molecule has 6 heteroatoms.